The average Bonchev–Trinajstić information content (AvgIpc) is 3.15. The highest BCUT2D eigenvalue weighted by molar-refractivity contribution is 5.83. The molecule has 0 aliphatic carbocycles. The van der Waals surface area contributed by atoms with Crippen LogP contribution < -0.4 is 5.56 Å². The number of aromatic nitrogens is 3. The number of aryl methyl sites for hydroxylation is 1. The monoisotopic (exact) mass is 415 g/mol. The van der Waals surface area contributed by atoms with Gasteiger partial charge in [0, 0.05) is 5.69 Å². The van der Waals surface area contributed by atoms with Crippen molar-refractivity contribution in [3.8, 4) is 17.2 Å². The molecule has 3 heterocycles. The molecule has 0 bridgehead atoms. The van der Waals surface area contributed by atoms with Crippen LogP contribution in [0.4, 0.5) is 0 Å². The largest absolute Gasteiger partial charge is 0.342 e. The summed E-state index contributed by atoms with van der Waals surface area (Å²) in [5, 5.41) is 9.64. The third-order valence-electron chi connectivity index (χ3n) is 5.63. The molecule has 0 aliphatic rings. The molecule has 0 saturated heterocycles. The second-order valence-corrected chi connectivity index (χ2v) is 7.42. The van der Waals surface area contributed by atoms with Crippen LogP contribution in [0.15, 0.2) is 47.3 Å². The molecule has 31 heavy (non-hydrogen) atoms. The highest BCUT2D eigenvalue weighted by atomic mass is 16.1. The summed E-state index contributed by atoms with van der Waals surface area (Å²) in [7, 11) is 0. The molecule has 160 valence electrons. The number of nitriles is 1. The summed E-state index contributed by atoms with van der Waals surface area (Å²) in [5.41, 5.74) is 4.89. The Balaban J connectivity index is 0.000000339. The molecule has 0 spiro atoms. The molecule has 4 aromatic rings. The van der Waals surface area contributed by atoms with Crippen LogP contribution in [-0.2, 0) is 0 Å². The Morgan fingerprint density at radius 3 is 2.23 bits per heavy atom. The van der Waals surface area contributed by atoms with Gasteiger partial charge in [-0.15, -0.1) is 0 Å². The zero-order valence-corrected chi connectivity index (χ0v) is 18.9. The van der Waals surface area contributed by atoms with Gasteiger partial charge in [0.05, 0.1) is 16.6 Å². The standard InChI is InChI=1S/C19H14N4O.C6H15N/c1-11-8-9-15-17(21-11)22-18-14(10-20)12(2)16(19(24)23(15)18)13-6-4-3-5-7-13;1-4-7(5-2)6-3/h3-9H,1-2H3,(H,21,22);4-6H2,1-3H3. The lowest BCUT2D eigenvalue weighted by Gasteiger charge is -2.13. The van der Waals surface area contributed by atoms with Crippen LogP contribution in [0.1, 0.15) is 37.6 Å². The maximum Gasteiger partial charge on any atom is 0.265 e. The van der Waals surface area contributed by atoms with Gasteiger partial charge in [0.15, 0.2) is 11.3 Å². The van der Waals surface area contributed by atoms with Crippen LogP contribution in [0.25, 0.3) is 27.9 Å². The molecule has 0 amide bonds. The number of nitrogens with one attached hydrogen (secondary N) is 1. The molecule has 0 aliphatic heterocycles. The average molecular weight is 416 g/mol. The Morgan fingerprint density at radius 2 is 1.68 bits per heavy atom. The maximum atomic E-state index is 13.2. The highest BCUT2D eigenvalue weighted by Gasteiger charge is 2.20. The molecule has 0 saturated carbocycles. The van der Waals surface area contributed by atoms with Gasteiger partial charge in [0.1, 0.15) is 6.07 Å². The minimum absolute atomic E-state index is 0.160. The molecule has 3 aromatic heterocycles. The lowest BCUT2D eigenvalue weighted by Crippen LogP contribution is -2.21. The minimum Gasteiger partial charge on any atom is -0.342 e. The fourth-order valence-electron chi connectivity index (χ4n) is 3.80. The Labute approximate surface area is 182 Å². The number of imidazole rings is 1. The van der Waals surface area contributed by atoms with Crippen LogP contribution >= 0.6 is 0 Å². The Bertz CT molecular complexity index is 1290. The Morgan fingerprint density at radius 1 is 1.03 bits per heavy atom. The van der Waals surface area contributed by atoms with E-state index in [9.17, 15) is 10.1 Å². The van der Waals surface area contributed by atoms with Crippen molar-refractivity contribution in [1.82, 2.24) is 19.3 Å². The fraction of sp³-hybridized carbons (Fsp3) is 0.320. The Kier molecular flexibility index (Phi) is 6.88. The minimum atomic E-state index is -0.160. The highest BCUT2D eigenvalue weighted by Crippen LogP contribution is 2.26. The molecule has 6 nitrogen and oxygen atoms in total. The van der Waals surface area contributed by atoms with E-state index in [1.54, 1.807) is 6.92 Å². The zero-order chi connectivity index (χ0) is 22.5. The van der Waals surface area contributed by atoms with Crippen LogP contribution in [0, 0.1) is 25.2 Å². The van der Waals surface area contributed by atoms with Gasteiger partial charge in [-0.05, 0) is 56.7 Å². The number of hydrogen-bond donors (Lipinski definition) is 1. The van der Waals surface area contributed by atoms with Crippen molar-refractivity contribution in [2.75, 3.05) is 19.6 Å². The summed E-state index contributed by atoms with van der Waals surface area (Å²) in [5.74, 6) is 0. The predicted molar refractivity (Wildman–Crippen MR) is 126 cm³/mol. The molecule has 0 unspecified atom stereocenters. The van der Waals surface area contributed by atoms with Crippen LogP contribution in [0.3, 0.4) is 0 Å². The molecule has 6 heteroatoms. The molecule has 0 radical (unpaired) electrons. The van der Waals surface area contributed by atoms with Gasteiger partial charge in [-0.3, -0.25) is 9.20 Å². The first-order chi connectivity index (χ1) is 15.0. The first kappa shape index (κ1) is 22.3. The van der Waals surface area contributed by atoms with Crippen LogP contribution in [0.5, 0.6) is 0 Å². The van der Waals surface area contributed by atoms with E-state index in [-0.39, 0.29) is 5.56 Å². The summed E-state index contributed by atoms with van der Waals surface area (Å²) >= 11 is 0. The quantitative estimate of drug-likeness (QED) is 0.525. The molecule has 1 N–H and O–H groups in total. The summed E-state index contributed by atoms with van der Waals surface area (Å²) in [6.07, 6.45) is 0. The normalized spacial score (nSPS) is 10.9. The topological polar surface area (TPSA) is 77.2 Å². The smallest absolute Gasteiger partial charge is 0.265 e. The number of hydrogen-bond acceptors (Lipinski definition) is 4. The molecule has 0 fully saturated rings. The number of H-pyrrole nitrogens is 1. The van der Waals surface area contributed by atoms with Crippen molar-refractivity contribution >= 4 is 16.8 Å². The Hall–Kier alpha value is -3.43. The number of benzene rings is 1. The van der Waals surface area contributed by atoms with Gasteiger partial charge in [0.25, 0.3) is 5.56 Å². The van der Waals surface area contributed by atoms with E-state index in [1.165, 1.54) is 24.0 Å². The first-order valence-corrected chi connectivity index (χ1v) is 10.7. The third-order valence-corrected chi connectivity index (χ3v) is 5.63. The zero-order valence-electron chi connectivity index (χ0n) is 18.9. The van der Waals surface area contributed by atoms with Gasteiger partial charge in [-0.2, -0.15) is 5.26 Å². The van der Waals surface area contributed by atoms with Gasteiger partial charge in [-0.1, -0.05) is 51.1 Å². The van der Waals surface area contributed by atoms with Crippen LogP contribution in [-0.4, -0.2) is 38.9 Å². The van der Waals surface area contributed by atoms with E-state index in [2.05, 4.69) is 41.7 Å². The van der Waals surface area contributed by atoms with Gasteiger partial charge in [0.2, 0.25) is 0 Å². The molecular formula is C25H29N5O. The number of rotatable bonds is 4. The van der Waals surface area contributed by atoms with Crippen molar-refractivity contribution in [3.63, 3.8) is 0 Å². The summed E-state index contributed by atoms with van der Waals surface area (Å²) in [6, 6.07) is 15.4. The fourth-order valence-corrected chi connectivity index (χ4v) is 3.80. The van der Waals surface area contributed by atoms with E-state index < -0.39 is 0 Å². The van der Waals surface area contributed by atoms with Crippen molar-refractivity contribution in [3.05, 3.63) is 69.6 Å². The van der Waals surface area contributed by atoms with Crippen molar-refractivity contribution in [2.45, 2.75) is 34.6 Å². The van der Waals surface area contributed by atoms with Crippen molar-refractivity contribution in [2.24, 2.45) is 0 Å². The van der Waals surface area contributed by atoms with Crippen molar-refractivity contribution < 1.29 is 0 Å². The lowest BCUT2D eigenvalue weighted by atomic mass is 9.99. The van der Waals surface area contributed by atoms with Gasteiger partial charge >= 0.3 is 0 Å². The van der Waals surface area contributed by atoms with Crippen LogP contribution in [0.2, 0.25) is 0 Å². The van der Waals surface area contributed by atoms with E-state index in [4.69, 9.17) is 0 Å². The number of pyridine rings is 2. The molecular weight excluding hydrogens is 386 g/mol. The van der Waals surface area contributed by atoms with Crippen molar-refractivity contribution in [1.29, 1.82) is 5.26 Å². The summed E-state index contributed by atoms with van der Waals surface area (Å²) in [4.78, 5) is 23.2. The lowest BCUT2D eigenvalue weighted by molar-refractivity contribution is 0.321. The molecule has 0 atom stereocenters. The van der Waals surface area contributed by atoms with Gasteiger partial charge in [-0.25, -0.2) is 4.98 Å². The van der Waals surface area contributed by atoms with E-state index in [0.29, 0.717) is 33.5 Å². The second kappa shape index (κ2) is 9.59. The van der Waals surface area contributed by atoms with E-state index >= 15 is 0 Å². The third kappa shape index (κ3) is 4.23. The predicted octanol–water partition coefficient (Wildman–Crippen LogP) is 4.68. The number of nitrogens with zero attached hydrogens (tertiary/aromatic N) is 4. The summed E-state index contributed by atoms with van der Waals surface area (Å²) in [6.45, 7) is 13.9. The number of aromatic amines is 1. The van der Waals surface area contributed by atoms with E-state index in [0.717, 1.165) is 11.3 Å². The first-order valence-electron chi connectivity index (χ1n) is 10.7. The number of fused-ring (bicyclic) bond motifs is 3. The SMILES string of the molecule is CCN(CC)CC.Cc1ccc2c(nc3c(C#N)c(C)c(-c4ccccc4)c(=O)n32)[nH]1. The van der Waals surface area contributed by atoms with Gasteiger partial charge < -0.3 is 9.88 Å². The second-order valence-electron chi connectivity index (χ2n) is 7.42. The molecule has 4 rings (SSSR count). The summed E-state index contributed by atoms with van der Waals surface area (Å²) < 4.78 is 1.53. The maximum absolute atomic E-state index is 13.2. The molecule has 1 aromatic carbocycles. The van der Waals surface area contributed by atoms with E-state index in [1.807, 2.05) is 49.4 Å².